The maximum Gasteiger partial charge on any atom is 0.460 e. The lowest BCUT2D eigenvalue weighted by molar-refractivity contribution is -0.458. The van der Waals surface area contributed by atoms with E-state index in [0.29, 0.717) is 16.4 Å². The number of hydrogen-bond donors (Lipinski definition) is 0. The van der Waals surface area contributed by atoms with E-state index >= 15 is 0 Å². The van der Waals surface area contributed by atoms with Gasteiger partial charge in [-0.1, -0.05) is 0 Å². The molecule has 3 nitrogen and oxygen atoms in total. The molecule has 42 heavy (non-hydrogen) atoms. The van der Waals surface area contributed by atoms with Crippen molar-refractivity contribution < 1.29 is 87.2 Å². The molecule has 1 rings (SSSR count). The summed E-state index contributed by atoms with van der Waals surface area (Å²) in [6, 6.07) is 2.16. The van der Waals surface area contributed by atoms with Crippen molar-refractivity contribution in [3.63, 3.8) is 0 Å². The first kappa shape index (κ1) is 38.2. The highest BCUT2D eigenvalue weighted by Crippen LogP contribution is 2.64. The molecule has 0 amide bonds. The van der Waals surface area contributed by atoms with E-state index in [1.54, 1.807) is 13.8 Å². The lowest BCUT2D eigenvalue weighted by atomic mass is 9.91. The average molecular weight is 693 g/mol. The van der Waals surface area contributed by atoms with Crippen molar-refractivity contribution in [2.75, 3.05) is 11.5 Å². The lowest BCUT2D eigenvalue weighted by Gasteiger charge is -2.42. The zero-order valence-electron chi connectivity index (χ0n) is 21.0. The van der Waals surface area contributed by atoms with Crippen LogP contribution in [0.2, 0.25) is 0 Å². The van der Waals surface area contributed by atoms with Crippen molar-refractivity contribution in [1.29, 1.82) is 0 Å². The number of benzene rings is 1. The van der Waals surface area contributed by atoms with E-state index in [1.807, 2.05) is 0 Å². The Morgan fingerprint density at radius 1 is 0.595 bits per heavy atom. The van der Waals surface area contributed by atoms with Gasteiger partial charge in [-0.2, -0.15) is 83.1 Å². The van der Waals surface area contributed by atoms with E-state index in [0.717, 1.165) is 26.0 Å². The largest absolute Gasteiger partial charge is 0.460 e. The van der Waals surface area contributed by atoms with Crippen molar-refractivity contribution >= 4 is 21.0 Å². The van der Waals surface area contributed by atoms with Gasteiger partial charge >= 0.3 is 57.1 Å². The summed E-state index contributed by atoms with van der Waals surface area (Å²) < 4.78 is 256. The molecule has 0 aromatic heterocycles. The Bertz CT molecular complexity index is 1230. The Morgan fingerprint density at radius 2 is 0.905 bits per heavy atom. The van der Waals surface area contributed by atoms with Gasteiger partial charge in [0.15, 0.2) is 4.90 Å². The smallest absolute Gasteiger partial charge is 0.377 e. The van der Waals surface area contributed by atoms with Crippen LogP contribution in [0.15, 0.2) is 17.0 Å². The Morgan fingerprint density at radius 3 is 1.21 bits per heavy atom. The standard InChI is InChI=1S/C20H18F17O3S2/c1-5-41(6-2)11-7-9(3)12(10(4)8-11)40-42(38,39)20(36,37)18(31,32)16(27,28)14(23,24)13(21,22)15(25,26)17(29,30)19(33,34)35/h7-8H,5-6H2,1-4H3/q+1. The van der Waals surface area contributed by atoms with Crippen LogP contribution >= 0.6 is 0 Å². The lowest BCUT2D eigenvalue weighted by Crippen LogP contribution is -2.75. The normalized spacial score (nSPS) is 15.4. The summed E-state index contributed by atoms with van der Waals surface area (Å²) in [5.41, 5.74) is -0.880. The molecule has 1 aromatic rings. The molecule has 0 radical (unpaired) electrons. The fourth-order valence-corrected chi connectivity index (χ4v) is 6.01. The average Bonchev–Trinajstić information content (AvgIpc) is 2.80. The molecular formula is C20H18F17O3S2+. The topological polar surface area (TPSA) is 43.4 Å². The van der Waals surface area contributed by atoms with Crippen molar-refractivity contribution in [3.05, 3.63) is 23.3 Å². The van der Waals surface area contributed by atoms with Crippen molar-refractivity contribution in [2.45, 2.75) is 79.6 Å². The molecule has 246 valence electrons. The monoisotopic (exact) mass is 693 g/mol. The third kappa shape index (κ3) is 5.35. The van der Waals surface area contributed by atoms with E-state index in [9.17, 15) is 83.1 Å². The van der Waals surface area contributed by atoms with Gasteiger partial charge in [0.05, 0.1) is 0 Å². The molecule has 0 heterocycles. The van der Waals surface area contributed by atoms with Gasteiger partial charge in [-0.05, 0) is 51.0 Å². The summed E-state index contributed by atoms with van der Waals surface area (Å²) in [7, 11) is -8.24. The van der Waals surface area contributed by atoms with Crippen LogP contribution in [0.1, 0.15) is 25.0 Å². The molecule has 0 fully saturated rings. The van der Waals surface area contributed by atoms with Crippen LogP contribution in [-0.4, -0.2) is 66.9 Å². The van der Waals surface area contributed by atoms with E-state index in [4.69, 9.17) is 0 Å². The number of rotatable bonds is 12. The Hall–Kier alpha value is -1.87. The number of alkyl halides is 17. The molecule has 0 aliphatic rings. The van der Waals surface area contributed by atoms with Crippen molar-refractivity contribution in [2.24, 2.45) is 0 Å². The Balaban J connectivity index is 3.74. The zero-order valence-corrected chi connectivity index (χ0v) is 22.7. The molecule has 0 atom stereocenters. The van der Waals surface area contributed by atoms with E-state index in [2.05, 4.69) is 4.18 Å². The van der Waals surface area contributed by atoms with Gasteiger partial charge in [0, 0.05) is 10.9 Å². The van der Waals surface area contributed by atoms with Crippen LogP contribution in [0.3, 0.4) is 0 Å². The van der Waals surface area contributed by atoms with Gasteiger partial charge in [0.1, 0.15) is 17.3 Å². The Kier molecular flexibility index (Phi) is 9.93. The summed E-state index contributed by atoms with van der Waals surface area (Å²) in [4.78, 5) is 0.432. The van der Waals surface area contributed by atoms with E-state index < -0.39 is 84.9 Å². The maximum atomic E-state index is 14.3. The molecule has 22 heteroatoms. The first-order valence-corrected chi connectivity index (χ1v) is 13.7. The van der Waals surface area contributed by atoms with Gasteiger partial charge < -0.3 is 4.18 Å². The number of halogens is 17. The molecule has 0 saturated carbocycles. The second-order valence-electron chi connectivity index (χ2n) is 8.45. The maximum absolute atomic E-state index is 14.3. The highest BCUT2D eigenvalue weighted by Gasteiger charge is 2.96. The SMILES string of the molecule is CC[S+](CC)c1cc(C)c(OS(=O)(=O)C(F)(F)C(F)(F)C(F)(F)C(F)(F)C(F)(F)C(F)(F)C(F)(F)C(F)(F)F)c(C)c1. The molecular weight excluding hydrogens is 675 g/mol. The van der Waals surface area contributed by atoms with Crippen LogP contribution < -0.4 is 4.18 Å². The summed E-state index contributed by atoms with van der Waals surface area (Å²) in [5, 5.41) is -7.74. The summed E-state index contributed by atoms with van der Waals surface area (Å²) in [5.74, 6) is -52.3. The van der Waals surface area contributed by atoms with Crippen LogP contribution in [0.25, 0.3) is 0 Å². The van der Waals surface area contributed by atoms with E-state index in [1.165, 1.54) is 0 Å². The third-order valence-electron chi connectivity index (χ3n) is 5.66. The predicted octanol–water partition coefficient (Wildman–Crippen LogP) is 8.00. The molecule has 0 spiro atoms. The van der Waals surface area contributed by atoms with Crippen LogP contribution in [0.4, 0.5) is 74.6 Å². The van der Waals surface area contributed by atoms with Crippen LogP contribution in [-0.2, 0) is 21.0 Å². The number of aryl methyl sites for hydroxylation is 2. The fraction of sp³-hybridized carbons (Fsp3) is 0.700. The van der Waals surface area contributed by atoms with Gasteiger partial charge in [0.25, 0.3) is 0 Å². The van der Waals surface area contributed by atoms with Gasteiger partial charge in [-0.25, -0.2) is 0 Å². The highest BCUT2D eigenvalue weighted by molar-refractivity contribution is 7.96. The minimum absolute atomic E-state index is 0.432. The molecule has 0 aliphatic carbocycles. The van der Waals surface area contributed by atoms with E-state index in [-0.39, 0.29) is 0 Å². The zero-order chi connectivity index (χ0) is 33.9. The second-order valence-corrected chi connectivity index (χ2v) is 12.7. The minimum atomic E-state index is -8.90. The fourth-order valence-electron chi connectivity index (χ4n) is 3.21. The third-order valence-corrected chi connectivity index (χ3v) is 9.23. The minimum Gasteiger partial charge on any atom is -0.377 e. The van der Waals surface area contributed by atoms with Crippen molar-refractivity contribution in [1.82, 2.24) is 0 Å². The number of hydrogen-bond acceptors (Lipinski definition) is 3. The van der Waals surface area contributed by atoms with Gasteiger partial charge in [-0.15, -0.1) is 0 Å². The molecule has 0 bridgehead atoms. The quantitative estimate of drug-likeness (QED) is 0.127. The summed E-state index contributed by atoms with van der Waals surface area (Å²) in [6.45, 7) is 5.26. The van der Waals surface area contributed by atoms with Crippen LogP contribution in [0, 0.1) is 13.8 Å². The van der Waals surface area contributed by atoms with Gasteiger partial charge in [0.2, 0.25) is 0 Å². The predicted molar refractivity (Wildman–Crippen MR) is 113 cm³/mol. The first-order chi connectivity index (χ1) is 18.3. The molecule has 0 unspecified atom stereocenters. The summed E-state index contributed by atoms with van der Waals surface area (Å²) >= 11 is 0. The summed E-state index contributed by atoms with van der Waals surface area (Å²) in [6.07, 6.45) is -7.89. The Labute approximate surface area is 228 Å². The second kappa shape index (κ2) is 10.9. The first-order valence-electron chi connectivity index (χ1n) is 10.7. The van der Waals surface area contributed by atoms with Crippen LogP contribution in [0.5, 0.6) is 5.75 Å². The molecule has 0 saturated heterocycles. The molecule has 0 N–H and O–H groups in total. The highest BCUT2D eigenvalue weighted by atomic mass is 32.2. The van der Waals surface area contributed by atoms with Gasteiger partial charge in [-0.3, -0.25) is 0 Å². The molecule has 1 aromatic carbocycles. The van der Waals surface area contributed by atoms with Crippen molar-refractivity contribution in [3.8, 4) is 5.75 Å². The molecule has 0 aliphatic heterocycles.